The minimum Gasteiger partial charge on any atom is -0.480 e. The quantitative estimate of drug-likeness (QED) is 0.406. The maximum Gasteiger partial charge on any atom is 0.325 e. The van der Waals surface area contributed by atoms with E-state index >= 15 is 0 Å². The maximum atomic E-state index is 10.3. The molecule has 0 atom stereocenters. The lowest BCUT2D eigenvalue weighted by Gasteiger charge is -2.03. The first-order chi connectivity index (χ1) is 11.2. The minimum absolute atomic E-state index is 0.245. The van der Waals surface area contributed by atoms with Crippen LogP contribution in [0.5, 0.6) is 0 Å². The Kier molecular flexibility index (Phi) is 10.9. The van der Waals surface area contributed by atoms with E-state index in [2.05, 4.69) is 11.9 Å². The van der Waals surface area contributed by atoms with Crippen molar-refractivity contribution in [2.45, 2.75) is 64.9 Å². The van der Waals surface area contributed by atoms with Gasteiger partial charge in [0, 0.05) is 6.61 Å². The Hall–Kier alpha value is -1.62. The Morgan fingerprint density at radius 1 is 1.17 bits per heavy atom. The van der Waals surface area contributed by atoms with Crippen LogP contribution in [0.4, 0.5) is 0 Å². The lowest BCUT2D eigenvalue weighted by molar-refractivity contribution is -0.135. The summed E-state index contributed by atoms with van der Waals surface area (Å²) in [5, 5.41) is 8.49. The number of nitrogens with zero attached hydrogens (tertiary/aromatic N) is 1. The van der Waals surface area contributed by atoms with Crippen molar-refractivity contribution in [1.29, 1.82) is 0 Å². The van der Waals surface area contributed by atoms with Crippen LogP contribution in [0.25, 0.3) is 0 Å². The number of hydrogen-bond donors (Lipinski definition) is 1. The highest BCUT2D eigenvalue weighted by Gasteiger charge is 2.01. The van der Waals surface area contributed by atoms with Gasteiger partial charge < -0.3 is 14.3 Å². The number of rotatable bonds is 14. The van der Waals surface area contributed by atoms with Gasteiger partial charge in [-0.05, 0) is 18.6 Å². The van der Waals surface area contributed by atoms with E-state index in [1.54, 1.807) is 6.07 Å². The summed E-state index contributed by atoms with van der Waals surface area (Å²) in [7, 11) is 0. The SMILES string of the molecule is CCCCCCCCCCOCc1ccc(C=NCC(=O)O)o1. The number of furan rings is 1. The van der Waals surface area contributed by atoms with Gasteiger partial charge >= 0.3 is 5.97 Å². The Morgan fingerprint density at radius 2 is 1.87 bits per heavy atom. The first-order valence-electron chi connectivity index (χ1n) is 8.60. The molecule has 0 bridgehead atoms. The van der Waals surface area contributed by atoms with Gasteiger partial charge in [0.2, 0.25) is 0 Å². The van der Waals surface area contributed by atoms with Crippen molar-refractivity contribution in [3.05, 3.63) is 23.7 Å². The molecule has 0 radical (unpaired) electrons. The van der Waals surface area contributed by atoms with E-state index in [4.69, 9.17) is 14.3 Å². The van der Waals surface area contributed by atoms with Crippen molar-refractivity contribution in [3.63, 3.8) is 0 Å². The van der Waals surface area contributed by atoms with Crippen LogP contribution in [0.1, 0.15) is 69.8 Å². The van der Waals surface area contributed by atoms with Gasteiger partial charge in [-0.1, -0.05) is 51.9 Å². The molecule has 0 aliphatic rings. The highest BCUT2D eigenvalue weighted by Crippen LogP contribution is 2.10. The van der Waals surface area contributed by atoms with E-state index in [1.807, 2.05) is 6.07 Å². The van der Waals surface area contributed by atoms with E-state index in [9.17, 15) is 4.79 Å². The molecule has 0 spiro atoms. The molecular formula is C18H29NO4. The number of hydrogen-bond acceptors (Lipinski definition) is 4. The van der Waals surface area contributed by atoms with Gasteiger partial charge in [0.15, 0.2) is 0 Å². The van der Waals surface area contributed by atoms with Gasteiger partial charge in [-0.2, -0.15) is 0 Å². The zero-order valence-electron chi connectivity index (χ0n) is 14.1. The molecule has 0 saturated heterocycles. The van der Waals surface area contributed by atoms with Crippen LogP contribution in [0.3, 0.4) is 0 Å². The zero-order chi connectivity index (χ0) is 16.8. The van der Waals surface area contributed by atoms with Crippen LogP contribution in [0, 0.1) is 0 Å². The highest BCUT2D eigenvalue weighted by atomic mass is 16.5. The summed E-state index contributed by atoms with van der Waals surface area (Å²) in [4.78, 5) is 14.1. The topological polar surface area (TPSA) is 72.0 Å². The summed E-state index contributed by atoms with van der Waals surface area (Å²) in [5.74, 6) is 0.333. The van der Waals surface area contributed by atoms with Crippen LogP contribution in [-0.4, -0.2) is 30.4 Å². The number of unbranched alkanes of at least 4 members (excludes halogenated alkanes) is 7. The summed E-state index contributed by atoms with van der Waals surface area (Å²) in [5.41, 5.74) is 0. The molecule has 0 aliphatic heterocycles. The van der Waals surface area contributed by atoms with Crippen LogP contribution in [-0.2, 0) is 16.1 Å². The molecular weight excluding hydrogens is 294 g/mol. The van der Waals surface area contributed by atoms with E-state index in [0.29, 0.717) is 12.4 Å². The van der Waals surface area contributed by atoms with E-state index in [1.165, 1.54) is 51.2 Å². The largest absolute Gasteiger partial charge is 0.480 e. The Balaban J connectivity index is 2.00. The Labute approximate surface area is 138 Å². The molecule has 130 valence electrons. The fourth-order valence-electron chi connectivity index (χ4n) is 2.27. The molecule has 5 heteroatoms. The second-order valence-electron chi connectivity index (χ2n) is 5.70. The average Bonchev–Trinajstić information content (AvgIpc) is 2.96. The number of carboxylic acid groups (broad SMARTS) is 1. The number of carbonyl (C=O) groups is 1. The summed E-state index contributed by atoms with van der Waals surface area (Å²) in [6.45, 7) is 3.19. The van der Waals surface area contributed by atoms with E-state index in [0.717, 1.165) is 18.8 Å². The highest BCUT2D eigenvalue weighted by molar-refractivity contribution is 5.79. The lowest BCUT2D eigenvalue weighted by atomic mass is 10.1. The molecule has 1 heterocycles. The minimum atomic E-state index is -0.957. The van der Waals surface area contributed by atoms with E-state index < -0.39 is 5.97 Å². The fourth-order valence-corrected chi connectivity index (χ4v) is 2.27. The van der Waals surface area contributed by atoms with Crippen molar-refractivity contribution in [3.8, 4) is 0 Å². The standard InChI is InChI=1S/C18H29NO4/c1-2-3-4-5-6-7-8-9-12-22-15-17-11-10-16(23-17)13-19-14-18(20)21/h10-11,13H,2-9,12,14-15H2,1H3,(H,20,21). The molecule has 1 N–H and O–H groups in total. The molecule has 0 fully saturated rings. The van der Waals surface area contributed by atoms with Crippen LogP contribution in [0.2, 0.25) is 0 Å². The first kappa shape index (κ1) is 19.4. The van der Waals surface area contributed by atoms with Gasteiger partial charge in [0.05, 0.1) is 6.21 Å². The monoisotopic (exact) mass is 323 g/mol. The summed E-state index contributed by atoms with van der Waals surface area (Å²) >= 11 is 0. The van der Waals surface area contributed by atoms with Gasteiger partial charge in [-0.15, -0.1) is 0 Å². The third-order valence-electron chi connectivity index (χ3n) is 3.51. The Morgan fingerprint density at radius 3 is 2.57 bits per heavy atom. The molecule has 0 amide bonds. The molecule has 0 unspecified atom stereocenters. The maximum absolute atomic E-state index is 10.3. The third kappa shape index (κ3) is 10.7. The lowest BCUT2D eigenvalue weighted by Crippen LogP contribution is -1.99. The van der Waals surface area contributed by atoms with Crippen molar-refractivity contribution < 1.29 is 19.1 Å². The summed E-state index contributed by atoms with van der Waals surface area (Å²) in [6, 6.07) is 3.59. The molecule has 0 aliphatic carbocycles. The van der Waals surface area contributed by atoms with Gasteiger partial charge in [-0.25, -0.2) is 0 Å². The summed E-state index contributed by atoms with van der Waals surface area (Å²) < 4.78 is 11.1. The molecule has 1 aromatic rings. The second-order valence-corrected chi connectivity index (χ2v) is 5.70. The molecule has 23 heavy (non-hydrogen) atoms. The molecule has 0 aromatic carbocycles. The van der Waals surface area contributed by atoms with Gasteiger partial charge in [-0.3, -0.25) is 9.79 Å². The zero-order valence-corrected chi connectivity index (χ0v) is 14.1. The fraction of sp³-hybridized carbons (Fsp3) is 0.667. The van der Waals surface area contributed by atoms with E-state index in [-0.39, 0.29) is 6.54 Å². The molecule has 0 saturated carbocycles. The van der Waals surface area contributed by atoms with Gasteiger partial charge in [0.1, 0.15) is 24.7 Å². The van der Waals surface area contributed by atoms with Crippen LogP contribution in [0.15, 0.2) is 21.5 Å². The van der Waals surface area contributed by atoms with Crippen molar-refractivity contribution in [2.24, 2.45) is 4.99 Å². The Bertz CT molecular complexity index is 454. The van der Waals surface area contributed by atoms with Crippen LogP contribution < -0.4 is 0 Å². The number of ether oxygens (including phenoxy) is 1. The smallest absolute Gasteiger partial charge is 0.325 e. The number of carboxylic acids is 1. The number of aliphatic carboxylic acids is 1. The van der Waals surface area contributed by atoms with Gasteiger partial charge in [0.25, 0.3) is 0 Å². The van der Waals surface area contributed by atoms with Crippen LogP contribution >= 0.6 is 0 Å². The van der Waals surface area contributed by atoms with Crippen molar-refractivity contribution in [1.82, 2.24) is 0 Å². The van der Waals surface area contributed by atoms with Crippen molar-refractivity contribution >= 4 is 12.2 Å². The average molecular weight is 323 g/mol. The predicted molar refractivity (Wildman–Crippen MR) is 91.1 cm³/mol. The second kappa shape index (κ2) is 12.9. The third-order valence-corrected chi connectivity index (χ3v) is 3.51. The first-order valence-corrected chi connectivity index (χ1v) is 8.60. The molecule has 5 nitrogen and oxygen atoms in total. The molecule has 1 aromatic heterocycles. The normalized spacial score (nSPS) is 11.3. The summed E-state index contributed by atoms with van der Waals surface area (Å²) in [6.07, 6.45) is 11.7. The predicted octanol–water partition coefficient (Wildman–Crippen LogP) is 4.44. The number of aliphatic imine (C=N–C) groups is 1. The van der Waals surface area contributed by atoms with Crippen molar-refractivity contribution in [2.75, 3.05) is 13.2 Å². The molecule has 1 rings (SSSR count).